The number of aromatic nitrogens is 2. The summed E-state index contributed by atoms with van der Waals surface area (Å²) in [5.41, 5.74) is 3.11. The molecule has 2 atom stereocenters. The number of hydrogen-bond donors (Lipinski definition) is 1. The molecule has 2 fully saturated rings. The lowest BCUT2D eigenvalue weighted by Gasteiger charge is -2.33. The number of nitrogens with one attached hydrogen (secondary N) is 1. The smallest absolute Gasteiger partial charge is 0.253 e. The number of hydrogen-bond acceptors (Lipinski definition) is 4. The van der Waals surface area contributed by atoms with Gasteiger partial charge in [0.1, 0.15) is 23.3 Å². The van der Waals surface area contributed by atoms with Crippen LogP contribution in [0.5, 0.6) is 0 Å². The Morgan fingerprint density at radius 2 is 1.04 bits per heavy atom. The number of carbonyl (C=O) groups is 3. The van der Waals surface area contributed by atoms with Gasteiger partial charge >= 0.3 is 0 Å². The van der Waals surface area contributed by atoms with Crippen molar-refractivity contribution in [2.24, 2.45) is 0 Å². The maximum absolute atomic E-state index is 13.1. The summed E-state index contributed by atoms with van der Waals surface area (Å²) in [5.74, 6) is -1.97. The standard InChI is InChI=1S/C21H19F2N3O.C19H18F2N2O2/c22-18-7-3-15(4-8-18)17-12-24-26(13-17)20-2-1-11-25(14-20)21(27)16-5-9-19(23)10-6-16;20-15-7-3-13(4-8-15)18(24)22-17-2-1-11-23(12-17)19(25)14-5-9-16(21)10-6-14/h3-10,12-13,20H,1-2,11,14H2;3-10,17H,1-2,11-12H2,(H,22,24). The zero-order chi connectivity index (χ0) is 36.6. The Labute approximate surface area is 298 Å². The molecule has 4 aromatic carbocycles. The zero-order valence-corrected chi connectivity index (χ0v) is 28.2. The van der Waals surface area contributed by atoms with Crippen LogP contribution in [-0.2, 0) is 0 Å². The molecule has 5 aromatic rings. The number of benzene rings is 4. The lowest BCUT2D eigenvalue weighted by molar-refractivity contribution is 0.0670. The molecule has 12 heteroatoms. The van der Waals surface area contributed by atoms with Gasteiger partial charge in [-0.25, -0.2) is 17.6 Å². The Morgan fingerprint density at radius 3 is 1.58 bits per heavy atom. The van der Waals surface area contributed by atoms with Gasteiger partial charge in [-0.05, 0) is 116 Å². The molecular formula is C40H37F4N5O3. The van der Waals surface area contributed by atoms with E-state index in [1.54, 1.807) is 28.1 Å². The Morgan fingerprint density at radius 1 is 0.577 bits per heavy atom. The molecule has 52 heavy (non-hydrogen) atoms. The van der Waals surface area contributed by atoms with Crippen LogP contribution in [-0.4, -0.2) is 69.5 Å². The van der Waals surface area contributed by atoms with E-state index >= 15 is 0 Å². The van der Waals surface area contributed by atoms with E-state index < -0.39 is 5.82 Å². The lowest BCUT2D eigenvalue weighted by atomic mass is 10.0. The topological polar surface area (TPSA) is 87.5 Å². The zero-order valence-electron chi connectivity index (χ0n) is 28.2. The van der Waals surface area contributed by atoms with E-state index in [-0.39, 0.29) is 47.3 Å². The minimum atomic E-state index is -0.398. The number of halogens is 4. The van der Waals surface area contributed by atoms with Gasteiger partial charge in [-0.3, -0.25) is 19.1 Å². The highest BCUT2D eigenvalue weighted by molar-refractivity contribution is 5.96. The van der Waals surface area contributed by atoms with Crippen molar-refractivity contribution < 1.29 is 31.9 Å². The molecule has 1 aromatic heterocycles. The summed E-state index contributed by atoms with van der Waals surface area (Å²) in [6.07, 6.45) is 7.03. The minimum absolute atomic E-state index is 0.0809. The van der Waals surface area contributed by atoms with E-state index in [1.807, 2.05) is 10.9 Å². The average molecular weight is 712 g/mol. The van der Waals surface area contributed by atoms with Gasteiger partial charge in [0.2, 0.25) is 0 Å². The molecule has 2 aliphatic rings. The van der Waals surface area contributed by atoms with Crippen LogP contribution in [0.3, 0.4) is 0 Å². The highest BCUT2D eigenvalue weighted by Crippen LogP contribution is 2.26. The van der Waals surface area contributed by atoms with Gasteiger partial charge in [-0.15, -0.1) is 0 Å². The van der Waals surface area contributed by atoms with E-state index in [0.717, 1.165) is 36.8 Å². The van der Waals surface area contributed by atoms with Gasteiger partial charge in [-0.2, -0.15) is 5.10 Å². The second kappa shape index (κ2) is 16.5. The van der Waals surface area contributed by atoms with E-state index in [4.69, 9.17) is 0 Å². The first-order chi connectivity index (χ1) is 25.1. The van der Waals surface area contributed by atoms with Crippen LogP contribution in [0.2, 0.25) is 0 Å². The summed E-state index contributed by atoms with van der Waals surface area (Å²) in [6.45, 7) is 2.22. The summed E-state index contributed by atoms with van der Waals surface area (Å²) < 4.78 is 54.0. The fourth-order valence-electron chi connectivity index (χ4n) is 6.38. The number of carbonyl (C=O) groups excluding carboxylic acids is 3. The van der Waals surface area contributed by atoms with Crippen molar-refractivity contribution in [2.75, 3.05) is 26.2 Å². The molecule has 8 nitrogen and oxygen atoms in total. The molecule has 2 aliphatic heterocycles. The van der Waals surface area contributed by atoms with Gasteiger partial charge in [0.15, 0.2) is 0 Å². The van der Waals surface area contributed by atoms with Crippen molar-refractivity contribution >= 4 is 17.7 Å². The van der Waals surface area contributed by atoms with Crippen LogP contribution in [0.4, 0.5) is 17.6 Å². The first-order valence-electron chi connectivity index (χ1n) is 17.1. The second-order valence-electron chi connectivity index (χ2n) is 12.8. The molecule has 1 N–H and O–H groups in total. The van der Waals surface area contributed by atoms with Crippen LogP contribution >= 0.6 is 0 Å². The SMILES string of the molecule is O=C(NC1CCCN(C(=O)c2ccc(F)cc2)C1)c1ccc(F)cc1.O=C(c1ccc(F)cc1)N1CCCC(n2cc(-c3ccc(F)cc3)cn2)C1. The first-order valence-corrected chi connectivity index (χ1v) is 17.1. The number of nitrogens with zero attached hydrogens (tertiary/aromatic N) is 4. The van der Waals surface area contributed by atoms with Crippen molar-refractivity contribution in [1.82, 2.24) is 24.9 Å². The Balaban J connectivity index is 0.000000179. The van der Waals surface area contributed by atoms with Crippen molar-refractivity contribution in [3.63, 3.8) is 0 Å². The molecule has 2 saturated heterocycles. The lowest BCUT2D eigenvalue weighted by Crippen LogP contribution is -2.49. The van der Waals surface area contributed by atoms with Crippen molar-refractivity contribution in [1.29, 1.82) is 0 Å². The summed E-state index contributed by atoms with van der Waals surface area (Å²) in [7, 11) is 0. The molecule has 0 bridgehead atoms. The predicted octanol–water partition coefficient (Wildman–Crippen LogP) is 7.31. The summed E-state index contributed by atoms with van der Waals surface area (Å²) in [5, 5.41) is 7.34. The maximum Gasteiger partial charge on any atom is 0.253 e. The molecule has 0 radical (unpaired) electrons. The molecular weight excluding hydrogens is 674 g/mol. The van der Waals surface area contributed by atoms with Gasteiger partial charge in [0.25, 0.3) is 17.7 Å². The third kappa shape index (κ3) is 9.11. The molecule has 2 unspecified atom stereocenters. The van der Waals surface area contributed by atoms with Crippen molar-refractivity contribution in [3.05, 3.63) is 149 Å². The van der Waals surface area contributed by atoms with Gasteiger partial charge in [0, 0.05) is 60.7 Å². The molecule has 3 amide bonds. The molecule has 0 aliphatic carbocycles. The normalized spacial score (nSPS) is 17.2. The largest absolute Gasteiger partial charge is 0.348 e. The Bertz CT molecular complexity index is 1980. The highest BCUT2D eigenvalue weighted by atomic mass is 19.1. The van der Waals surface area contributed by atoms with E-state index in [1.165, 1.54) is 84.9 Å². The minimum Gasteiger partial charge on any atom is -0.348 e. The summed E-state index contributed by atoms with van der Waals surface area (Å²) in [6, 6.07) is 22.6. The predicted molar refractivity (Wildman–Crippen MR) is 187 cm³/mol. The second-order valence-corrected chi connectivity index (χ2v) is 12.8. The summed E-state index contributed by atoms with van der Waals surface area (Å²) in [4.78, 5) is 40.9. The number of piperidine rings is 2. The monoisotopic (exact) mass is 711 g/mol. The average Bonchev–Trinajstić information content (AvgIpc) is 3.67. The maximum atomic E-state index is 13.1. The molecule has 0 spiro atoms. The molecule has 3 heterocycles. The Kier molecular flexibility index (Phi) is 11.4. The van der Waals surface area contributed by atoms with E-state index in [2.05, 4.69) is 10.4 Å². The van der Waals surface area contributed by atoms with Crippen molar-refractivity contribution in [3.8, 4) is 11.1 Å². The fourth-order valence-corrected chi connectivity index (χ4v) is 6.38. The quantitative estimate of drug-likeness (QED) is 0.187. The molecule has 0 saturated carbocycles. The van der Waals surface area contributed by atoms with Crippen LogP contribution in [0.15, 0.2) is 109 Å². The van der Waals surface area contributed by atoms with Crippen LogP contribution < -0.4 is 5.32 Å². The third-order valence-corrected chi connectivity index (χ3v) is 9.17. The van der Waals surface area contributed by atoms with Crippen molar-refractivity contribution in [2.45, 2.75) is 37.8 Å². The third-order valence-electron chi connectivity index (χ3n) is 9.17. The van der Waals surface area contributed by atoms with E-state index in [9.17, 15) is 31.9 Å². The van der Waals surface area contributed by atoms with Crippen LogP contribution in [0, 0.1) is 23.3 Å². The number of amides is 3. The van der Waals surface area contributed by atoms with Crippen LogP contribution in [0.1, 0.15) is 62.8 Å². The molecule has 268 valence electrons. The van der Waals surface area contributed by atoms with E-state index in [0.29, 0.717) is 42.9 Å². The van der Waals surface area contributed by atoms with Crippen LogP contribution in [0.25, 0.3) is 11.1 Å². The summed E-state index contributed by atoms with van der Waals surface area (Å²) >= 11 is 0. The van der Waals surface area contributed by atoms with Gasteiger partial charge in [-0.1, -0.05) is 12.1 Å². The Hall–Kier alpha value is -5.78. The highest BCUT2D eigenvalue weighted by Gasteiger charge is 2.27. The first kappa shape index (κ1) is 36.0. The molecule has 7 rings (SSSR count). The number of likely N-dealkylation sites (tertiary alicyclic amines) is 2. The number of rotatable bonds is 6. The van der Waals surface area contributed by atoms with Gasteiger partial charge in [0.05, 0.1) is 12.2 Å². The fraction of sp³-hybridized carbons (Fsp3) is 0.250. The van der Waals surface area contributed by atoms with Gasteiger partial charge < -0.3 is 15.1 Å².